The van der Waals surface area contributed by atoms with Crippen LogP contribution in [0.3, 0.4) is 0 Å². The van der Waals surface area contributed by atoms with E-state index in [4.69, 9.17) is 0 Å². The summed E-state index contributed by atoms with van der Waals surface area (Å²) in [5.41, 5.74) is 4.32. The molecule has 2 aromatic carbocycles. The molecule has 4 rings (SSSR count). The van der Waals surface area contributed by atoms with Crippen LogP contribution in [0.1, 0.15) is 0 Å². The van der Waals surface area contributed by atoms with E-state index in [1.807, 2.05) is 22.9 Å². The number of aromatic nitrogens is 6. The molecule has 6 nitrogen and oxygen atoms in total. The summed E-state index contributed by atoms with van der Waals surface area (Å²) in [6, 6.07) is 16.4. The Morgan fingerprint density at radius 2 is 1.50 bits per heavy atom. The van der Waals surface area contributed by atoms with E-state index in [-0.39, 0.29) is 0 Å². The number of imidazole rings is 1. The summed E-state index contributed by atoms with van der Waals surface area (Å²) in [7, 11) is 0. The highest BCUT2D eigenvalue weighted by atomic mass is 15.5. The summed E-state index contributed by atoms with van der Waals surface area (Å²) in [5.74, 6) is 0.599. The molecule has 0 saturated carbocycles. The fraction of sp³-hybridized carbons (Fsp3) is 0. The Bertz CT molecular complexity index is 770. The lowest BCUT2D eigenvalue weighted by atomic mass is 10.0. The average molecular weight is 288 g/mol. The maximum absolute atomic E-state index is 4.06. The van der Waals surface area contributed by atoms with Crippen LogP contribution in [0.4, 0.5) is 0 Å². The van der Waals surface area contributed by atoms with Gasteiger partial charge in [0.2, 0.25) is 5.82 Å². The van der Waals surface area contributed by atoms with Gasteiger partial charge in [-0.05, 0) is 28.5 Å². The van der Waals surface area contributed by atoms with Crippen molar-refractivity contribution in [3.63, 3.8) is 0 Å². The van der Waals surface area contributed by atoms with Gasteiger partial charge in [0.05, 0.1) is 6.33 Å². The van der Waals surface area contributed by atoms with Crippen molar-refractivity contribution in [2.24, 2.45) is 0 Å². The summed E-state index contributed by atoms with van der Waals surface area (Å²) in [5, 5.41) is 14.0. The van der Waals surface area contributed by atoms with Gasteiger partial charge in [0.1, 0.15) is 0 Å². The van der Waals surface area contributed by atoms with E-state index in [1.54, 1.807) is 12.5 Å². The standard InChI is InChI=1S/C16H12N6/c1-3-14(16-18-20-21-19-16)4-2-12(1)13-5-7-15(8-6-13)22-10-9-17-11-22/h1-11H,(H,18,19,20,21). The molecule has 1 N–H and O–H groups in total. The Labute approximate surface area is 126 Å². The lowest BCUT2D eigenvalue weighted by molar-refractivity contribution is 0.881. The van der Waals surface area contributed by atoms with Gasteiger partial charge in [0.15, 0.2) is 0 Å². The molecule has 0 bridgehead atoms. The normalized spacial score (nSPS) is 10.7. The van der Waals surface area contributed by atoms with Gasteiger partial charge in [-0.3, -0.25) is 0 Å². The first-order valence-electron chi connectivity index (χ1n) is 6.83. The predicted molar refractivity (Wildman–Crippen MR) is 82.2 cm³/mol. The number of benzene rings is 2. The molecular formula is C16H12N6. The molecule has 0 aliphatic heterocycles. The molecular weight excluding hydrogens is 276 g/mol. The number of nitrogens with one attached hydrogen (secondary N) is 1. The van der Waals surface area contributed by atoms with Crippen LogP contribution in [-0.2, 0) is 0 Å². The molecule has 106 valence electrons. The predicted octanol–water partition coefficient (Wildman–Crippen LogP) is 2.72. The second kappa shape index (κ2) is 5.25. The number of rotatable bonds is 3. The smallest absolute Gasteiger partial charge is 0.204 e. The molecule has 0 saturated heterocycles. The topological polar surface area (TPSA) is 72.3 Å². The Morgan fingerprint density at radius 1 is 0.818 bits per heavy atom. The largest absolute Gasteiger partial charge is 0.306 e. The molecule has 0 aliphatic carbocycles. The molecule has 0 atom stereocenters. The van der Waals surface area contributed by atoms with Crippen molar-refractivity contribution in [2.75, 3.05) is 0 Å². The molecule has 0 fully saturated rings. The molecule has 0 unspecified atom stereocenters. The van der Waals surface area contributed by atoms with E-state index in [9.17, 15) is 0 Å². The maximum Gasteiger partial charge on any atom is 0.204 e. The third-order valence-corrected chi connectivity index (χ3v) is 3.49. The molecule has 6 heteroatoms. The fourth-order valence-corrected chi connectivity index (χ4v) is 2.33. The van der Waals surface area contributed by atoms with Crippen LogP contribution in [0.25, 0.3) is 28.2 Å². The van der Waals surface area contributed by atoms with Crippen LogP contribution in [0.5, 0.6) is 0 Å². The Morgan fingerprint density at radius 3 is 2.09 bits per heavy atom. The van der Waals surface area contributed by atoms with Crippen LogP contribution in [0.2, 0.25) is 0 Å². The van der Waals surface area contributed by atoms with Crippen molar-refractivity contribution in [1.29, 1.82) is 0 Å². The van der Waals surface area contributed by atoms with Gasteiger partial charge >= 0.3 is 0 Å². The van der Waals surface area contributed by atoms with Crippen LogP contribution in [0, 0.1) is 0 Å². The van der Waals surface area contributed by atoms with Gasteiger partial charge in [-0.1, -0.05) is 36.4 Å². The molecule has 0 radical (unpaired) electrons. The molecule has 2 aromatic heterocycles. The lowest BCUT2D eigenvalue weighted by Crippen LogP contribution is -1.89. The monoisotopic (exact) mass is 288 g/mol. The van der Waals surface area contributed by atoms with E-state index in [0.717, 1.165) is 22.4 Å². The Balaban J connectivity index is 1.62. The fourth-order valence-electron chi connectivity index (χ4n) is 2.33. The van der Waals surface area contributed by atoms with Crippen LogP contribution in [-0.4, -0.2) is 30.2 Å². The summed E-state index contributed by atoms with van der Waals surface area (Å²) in [6.45, 7) is 0. The minimum Gasteiger partial charge on any atom is -0.306 e. The first-order valence-corrected chi connectivity index (χ1v) is 6.83. The molecule has 0 aliphatic rings. The first kappa shape index (κ1) is 12.5. The van der Waals surface area contributed by atoms with Crippen molar-refractivity contribution in [2.45, 2.75) is 0 Å². The quantitative estimate of drug-likeness (QED) is 0.629. The SMILES string of the molecule is c1cn(-c2ccc(-c3ccc(-c4nn[nH]n4)cc3)cc2)cn1. The number of nitrogens with zero attached hydrogens (tertiary/aromatic N) is 5. The van der Waals surface area contributed by atoms with Gasteiger partial charge in [0, 0.05) is 23.6 Å². The van der Waals surface area contributed by atoms with E-state index in [2.05, 4.69) is 62.0 Å². The Kier molecular flexibility index (Phi) is 2.97. The van der Waals surface area contributed by atoms with Crippen LogP contribution < -0.4 is 0 Å². The van der Waals surface area contributed by atoms with Crippen molar-refractivity contribution in [3.05, 3.63) is 67.3 Å². The molecule has 4 aromatic rings. The van der Waals surface area contributed by atoms with Gasteiger partial charge in [-0.25, -0.2) is 4.98 Å². The van der Waals surface area contributed by atoms with Crippen molar-refractivity contribution in [1.82, 2.24) is 30.2 Å². The summed E-state index contributed by atoms with van der Waals surface area (Å²) in [4.78, 5) is 4.06. The minimum atomic E-state index is 0.599. The number of H-pyrrole nitrogens is 1. The number of hydrogen-bond acceptors (Lipinski definition) is 4. The van der Waals surface area contributed by atoms with E-state index in [1.165, 1.54) is 0 Å². The highest BCUT2D eigenvalue weighted by Crippen LogP contribution is 2.23. The number of tetrazole rings is 1. The third kappa shape index (κ3) is 2.26. The van der Waals surface area contributed by atoms with Gasteiger partial charge in [0.25, 0.3) is 0 Å². The van der Waals surface area contributed by atoms with Gasteiger partial charge < -0.3 is 4.57 Å². The van der Waals surface area contributed by atoms with E-state index >= 15 is 0 Å². The number of hydrogen-bond donors (Lipinski definition) is 1. The van der Waals surface area contributed by atoms with Crippen molar-refractivity contribution in [3.8, 4) is 28.2 Å². The zero-order chi connectivity index (χ0) is 14.8. The van der Waals surface area contributed by atoms with Gasteiger partial charge in [-0.15, -0.1) is 10.2 Å². The summed E-state index contributed by atoms with van der Waals surface area (Å²) >= 11 is 0. The molecule has 2 heterocycles. The second-order valence-electron chi connectivity index (χ2n) is 4.83. The third-order valence-electron chi connectivity index (χ3n) is 3.49. The Hall–Kier alpha value is -3.28. The minimum absolute atomic E-state index is 0.599. The second-order valence-corrected chi connectivity index (χ2v) is 4.83. The lowest BCUT2D eigenvalue weighted by Gasteiger charge is -2.05. The zero-order valence-corrected chi connectivity index (χ0v) is 11.6. The van der Waals surface area contributed by atoms with Gasteiger partial charge in [-0.2, -0.15) is 5.21 Å². The van der Waals surface area contributed by atoms with E-state index < -0.39 is 0 Å². The van der Waals surface area contributed by atoms with Crippen molar-refractivity contribution >= 4 is 0 Å². The highest BCUT2D eigenvalue weighted by Gasteiger charge is 2.04. The van der Waals surface area contributed by atoms with Crippen LogP contribution in [0.15, 0.2) is 67.3 Å². The van der Waals surface area contributed by atoms with Crippen molar-refractivity contribution < 1.29 is 0 Å². The van der Waals surface area contributed by atoms with Crippen LogP contribution >= 0.6 is 0 Å². The number of aromatic amines is 1. The molecule has 22 heavy (non-hydrogen) atoms. The molecule has 0 spiro atoms. The van der Waals surface area contributed by atoms with E-state index in [0.29, 0.717) is 5.82 Å². The first-order chi connectivity index (χ1) is 10.9. The zero-order valence-electron chi connectivity index (χ0n) is 11.6. The summed E-state index contributed by atoms with van der Waals surface area (Å²) < 4.78 is 1.98. The maximum atomic E-state index is 4.06. The average Bonchev–Trinajstić information content (AvgIpc) is 3.29. The summed E-state index contributed by atoms with van der Waals surface area (Å²) in [6.07, 6.45) is 5.48. The molecule has 0 amide bonds. The highest BCUT2D eigenvalue weighted by molar-refractivity contribution is 5.68.